The third-order valence-corrected chi connectivity index (χ3v) is 3.86. The fourth-order valence-electron chi connectivity index (χ4n) is 2.41. The van der Waals surface area contributed by atoms with Gasteiger partial charge in [-0.15, -0.1) is 0 Å². The molecule has 0 aromatic heterocycles. The third-order valence-electron chi connectivity index (χ3n) is 3.86. The summed E-state index contributed by atoms with van der Waals surface area (Å²) in [6.07, 6.45) is 0. The van der Waals surface area contributed by atoms with Gasteiger partial charge in [0.1, 0.15) is 17.5 Å². The van der Waals surface area contributed by atoms with E-state index in [1.54, 1.807) is 12.1 Å². The van der Waals surface area contributed by atoms with E-state index in [9.17, 15) is 18.2 Å². The molecule has 3 aromatic carbocycles. The molecule has 0 unspecified atom stereocenters. The maximum atomic E-state index is 13.2. The van der Waals surface area contributed by atoms with E-state index in [1.807, 2.05) is 0 Å². The first kappa shape index (κ1) is 19.3. The van der Waals surface area contributed by atoms with E-state index in [2.05, 4.69) is 0 Å². The van der Waals surface area contributed by atoms with Gasteiger partial charge in [0.05, 0.1) is 0 Å². The minimum Gasteiger partial charge on any atom is -0.471 e. The van der Waals surface area contributed by atoms with Crippen LogP contribution in [0.15, 0.2) is 72.8 Å². The van der Waals surface area contributed by atoms with Gasteiger partial charge >= 0.3 is 14.2 Å². The van der Waals surface area contributed by atoms with Crippen molar-refractivity contribution in [2.45, 2.75) is 0 Å². The number of hydrogen-bond donors (Lipinski definition) is 1. The molecule has 0 fully saturated rings. The average molecular weight is 368 g/mol. The van der Waals surface area contributed by atoms with E-state index >= 15 is 0 Å². The van der Waals surface area contributed by atoms with Crippen LogP contribution in [0.25, 0.3) is 0 Å². The Balaban J connectivity index is 1.75. The lowest BCUT2D eigenvalue weighted by Crippen LogP contribution is -2.48. The summed E-state index contributed by atoms with van der Waals surface area (Å²) in [7, 11) is -2.32. The molecule has 3 nitrogen and oxygen atoms in total. The predicted molar refractivity (Wildman–Crippen MR) is 101 cm³/mol. The van der Waals surface area contributed by atoms with Crippen LogP contribution < -0.4 is 16.4 Å². The number of hydrogen-bond acceptors (Lipinski definition) is 3. The summed E-state index contributed by atoms with van der Waals surface area (Å²) in [6.45, 7) is 0. The minimum atomic E-state index is -1.38. The van der Waals surface area contributed by atoms with Crippen LogP contribution in [0.4, 0.5) is 13.2 Å². The Kier molecular flexibility index (Phi) is 6.39. The predicted octanol–water partition coefficient (Wildman–Crippen LogP) is 0.897. The van der Waals surface area contributed by atoms with Gasteiger partial charge < -0.3 is 14.2 Å². The standard InChI is InChI=1S/C18H14B3F3O3/c22-16-7-1-13(2-8-16)19-26-21(15-5-11-18(24)12-6-15)27-20(25)14-3-9-17(23)10-4-14/h1-12,19,25H. The molecule has 0 radical (unpaired) electrons. The molecule has 0 bridgehead atoms. The molecule has 9 heteroatoms. The molecule has 0 aliphatic rings. The lowest BCUT2D eigenvalue weighted by atomic mass is 9.69. The molecule has 0 atom stereocenters. The molecule has 0 spiro atoms. The van der Waals surface area contributed by atoms with Gasteiger partial charge in [0.2, 0.25) is 0 Å². The van der Waals surface area contributed by atoms with Gasteiger partial charge in [0.25, 0.3) is 7.48 Å². The highest BCUT2D eigenvalue weighted by atomic mass is 19.1. The highest BCUT2D eigenvalue weighted by Crippen LogP contribution is 2.01. The van der Waals surface area contributed by atoms with Crippen LogP contribution in [0.1, 0.15) is 0 Å². The van der Waals surface area contributed by atoms with Gasteiger partial charge in [-0.2, -0.15) is 0 Å². The van der Waals surface area contributed by atoms with Crippen molar-refractivity contribution < 1.29 is 27.3 Å². The van der Waals surface area contributed by atoms with Crippen LogP contribution in [0, 0.1) is 17.5 Å². The van der Waals surface area contributed by atoms with Crippen LogP contribution >= 0.6 is 0 Å². The Morgan fingerprint density at radius 2 is 1.11 bits per heavy atom. The topological polar surface area (TPSA) is 38.7 Å². The van der Waals surface area contributed by atoms with Gasteiger partial charge in [0.15, 0.2) is 0 Å². The first-order valence-corrected chi connectivity index (χ1v) is 8.22. The van der Waals surface area contributed by atoms with Crippen LogP contribution in [-0.2, 0) is 9.14 Å². The summed E-state index contributed by atoms with van der Waals surface area (Å²) in [5.41, 5.74) is 1.52. The molecule has 0 aliphatic carbocycles. The van der Waals surface area contributed by atoms with Crippen LogP contribution in [0.2, 0.25) is 0 Å². The van der Waals surface area contributed by atoms with Gasteiger partial charge in [-0.1, -0.05) is 41.9 Å². The maximum absolute atomic E-state index is 13.2. The van der Waals surface area contributed by atoms with Crippen molar-refractivity contribution in [3.63, 3.8) is 0 Å². The fraction of sp³-hybridized carbons (Fsp3) is 0. The van der Waals surface area contributed by atoms with E-state index in [0.717, 1.165) is 0 Å². The second-order valence-corrected chi connectivity index (χ2v) is 5.86. The molecule has 0 saturated heterocycles. The normalized spacial score (nSPS) is 10.5. The number of halogens is 3. The quantitative estimate of drug-likeness (QED) is 0.631. The van der Waals surface area contributed by atoms with Crippen LogP contribution in [-0.4, -0.2) is 26.7 Å². The summed E-state index contributed by atoms with van der Waals surface area (Å²) in [5.74, 6) is -1.22. The Hall–Kier alpha value is -2.48. The fourth-order valence-corrected chi connectivity index (χ4v) is 2.41. The summed E-state index contributed by atoms with van der Waals surface area (Å²) >= 11 is 0. The van der Waals surface area contributed by atoms with Crippen molar-refractivity contribution in [2.75, 3.05) is 0 Å². The SMILES string of the molecule is OB(OB(OBc1ccc(F)cc1)c1ccc(F)cc1)c1ccc(F)cc1. The van der Waals surface area contributed by atoms with Crippen molar-refractivity contribution in [3.8, 4) is 0 Å². The van der Waals surface area contributed by atoms with Crippen LogP contribution in [0.5, 0.6) is 0 Å². The van der Waals surface area contributed by atoms with Crippen molar-refractivity contribution in [1.82, 2.24) is 0 Å². The van der Waals surface area contributed by atoms with E-state index in [4.69, 9.17) is 9.14 Å². The second kappa shape index (κ2) is 8.95. The molecule has 27 heavy (non-hydrogen) atoms. The molecule has 0 saturated carbocycles. The number of benzene rings is 3. The van der Waals surface area contributed by atoms with Gasteiger partial charge in [-0.25, -0.2) is 13.2 Å². The van der Waals surface area contributed by atoms with Gasteiger partial charge in [-0.05, 0) is 47.3 Å². The highest BCUT2D eigenvalue weighted by Gasteiger charge is 2.28. The Morgan fingerprint density at radius 1 is 0.667 bits per heavy atom. The molecule has 134 valence electrons. The van der Waals surface area contributed by atoms with E-state index < -0.39 is 25.9 Å². The third kappa shape index (κ3) is 5.50. The molecule has 3 rings (SSSR count). The minimum absolute atomic E-state index is 0.0818. The molecule has 0 amide bonds. The molecule has 0 aliphatic heterocycles. The molecule has 3 aromatic rings. The Morgan fingerprint density at radius 3 is 1.63 bits per heavy atom. The van der Waals surface area contributed by atoms with E-state index in [-0.39, 0.29) is 13.3 Å². The zero-order chi connectivity index (χ0) is 19.2. The largest absolute Gasteiger partial charge is 0.477 e. The monoisotopic (exact) mass is 368 g/mol. The Labute approximate surface area is 156 Å². The first-order chi connectivity index (χ1) is 13.0. The zero-order valence-corrected chi connectivity index (χ0v) is 14.2. The average Bonchev–Trinajstić information content (AvgIpc) is 2.67. The molecular formula is C18H14B3F3O3. The van der Waals surface area contributed by atoms with Gasteiger partial charge in [0, 0.05) is 0 Å². The second-order valence-electron chi connectivity index (χ2n) is 5.86. The summed E-state index contributed by atoms with van der Waals surface area (Å²) in [4.78, 5) is 0. The first-order valence-electron chi connectivity index (χ1n) is 8.22. The number of rotatable bonds is 7. The molecule has 1 N–H and O–H groups in total. The zero-order valence-electron chi connectivity index (χ0n) is 14.2. The van der Waals surface area contributed by atoms with Crippen molar-refractivity contribution in [2.24, 2.45) is 0 Å². The van der Waals surface area contributed by atoms with E-state index in [0.29, 0.717) is 16.4 Å². The molecular weight excluding hydrogens is 354 g/mol. The van der Waals surface area contributed by atoms with Gasteiger partial charge in [-0.3, -0.25) is 0 Å². The summed E-state index contributed by atoms with van der Waals surface area (Å²) in [5, 5.41) is 10.3. The summed E-state index contributed by atoms with van der Waals surface area (Å²) < 4.78 is 50.5. The van der Waals surface area contributed by atoms with E-state index in [1.165, 1.54) is 60.7 Å². The van der Waals surface area contributed by atoms with Crippen molar-refractivity contribution >= 4 is 38.1 Å². The van der Waals surface area contributed by atoms with Crippen LogP contribution in [0.3, 0.4) is 0 Å². The smallest absolute Gasteiger partial charge is 0.471 e. The maximum Gasteiger partial charge on any atom is 0.477 e. The highest BCUT2D eigenvalue weighted by molar-refractivity contribution is 6.76. The van der Waals surface area contributed by atoms with Crippen molar-refractivity contribution in [3.05, 3.63) is 90.2 Å². The lowest BCUT2D eigenvalue weighted by molar-refractivity contribution is 0.392. The van der Waals surface area contributed by atoms with Crippen molar-refractivity contribution in [1.29, 1.82) is 0 Å². The Bertz CT molecular complexity index is 862. The summed E-state index contributed by atoms with van der Waals surface area (Å²) in [6, 6.07) is 16.4. The lowest BCUT2D eigenvalue weighted by Gasteiger charge is -2.18. The molecule has 0 heterocycles.